The standard InChI is InChI=1S/C22H26FN5O2/c1-13-6-17-9-22(8-13,10-19(29)24-3)28(17)21(30)27-16-5-4-14(2)18(7-16)20-25-11-15(23)12-26-20/h4-5,7,11-13,17H,6,8-10H2,1-3H3,(H,24,29)(H,27,30)/t13-,17?,22+/m1/s1. The summed E-state index contributed by atoms with van der Waals surface area (Å²) in [5.41, 5.74) is 1.84. The van der Waals surface area contributed by atoms with Crippen molar-refractivity contribution in [2.75, 3.05) is 12.4 Å². The number of urea groups is 1. The highest BCUT2D eigenvalue weighted by Gasteiger charge is 2.58. The zero-order valence-corrected chi connectivity index (χ0v) is 17.4. The first-order valence-corrected chi connectivity index (χ1v) is 10.2. The lowest BCUT2D eigenvalue weighted by Gasteiger charge is -2.63. The van der Waals surface area contributed by atoms with Crippen molar-refractivity contribution < 1.29 is 14.0 Å². The summed E-state index contributed by atoms with van der Waals surface area (Å²) in [4.78, 5) is 35.2. The molecule has 2 N–H and O–H groups in total. The van der Waals surface area contributed by atoms with Crippen LogP contribution in [0.5, 0.6) is 0 Å². The molecule has 0 spiro atoms. The van der Waals surface area contributed by atoms with Crippen LogP contribution in [-0.4, -0.2) is 45.4 Å². The van der Waals surface area contributed by atoms with Gasteiger partial charge in [0.25, 0.3) is 0 Å². The lowest BCUT2D eigenvalue weighted by atomic mass is 9.63. The first-order valence-electron chi connectivity index (χ1n) is 10.2. The van der Waals surface area contributed by atoms with Gasteiger partial charge >= 0.3 is 6.03 Å². The highest BCUT2D eigenvalue weighted by atomic mass is 19.1. The van der Waals surface area contributed by atoms with E-state index in [9.17, 15) is 14.0 Å². The fraction of sp³-hybridized carbons (Fsp3) is 0.455. The number of nitrogens with one attached hydrogen (secondary N) is 2. The molecule has 3 amide bonds. The number of hydrogen-bond acceptors (Lipinski definition) is 4. The number of nitrogens with zero attached hydrogens (tertiary/aromatic N) is 3. The fourth-order valence-corrected chi connectivity index (χ4v) is 5.04. The SMILES string of the molecule is CNC(=O)C[C@@]12CC(C[C@@H](C)C1)N2C(=O)Nc1ccc(C)c(-c2ncc(F)cn2)c1. The number of amides is 3. The van der Waals surface area contributed by atoms with Crippen LogP contribution < -0.4 is 10.6 Å². The van der Waals surface area contributed by atoms with Crippen LogP contribution in [0.25, 0.3) is 11.4 Å². The third-order valence-corrected chi connectivity index (χ3v) is 6.23. The van der Waals surface area contributed by atoms with E-state index in [2.05, 4.69) is 27.5 Å². The second-order valence-electron chi connectivity index (χ2n) is 8.53. The minimum Gasteiger partial charge on any atom is -0.359 e. The number of halogens is 1. The monoisotopic (exact) mass is 411 g/mol. The molecular weight excluding hydrogens is 385 g/mol. The van der Waals surface area contributed by atoms with Gasteiger partial charge in [-0.15, -0.1) is 0 Å². The Balaban J connectivity index is 1.56. The van der Waals surface area contributed by atoms with Gasteiger partial charge in [0.1, 0.15) is 0 Å². The molecule has 1 unspecified atom stereocenters. The van der Waals surface area contributed by atoms with E-state index in [1.807, 2.05) is 24.0 Å². The van der Waals surface area contributed by atoms with Crippen molar-refractivity contribution >= 4 is 17.6 Å². The van der Waals surface area contributed by atoms with Gasteiger partial charge in [-0.2, -0.15) is 0 Å². The lowest BCUT2D eigenvalue weighted by Crippen LogP contribution is -2.73. The molecule has 2 aliphatic rings. The Kier molecular flexibility index (Phi) is 5.17. The van der Waals surface area contributed by atoms with Gasteiger partial charge in [-0.05, 0) is 49.8 Å². The van der Waals surface area contributed by atoms with Crippen LogP contribution in [-0.2, 0) is 4.79 Å². The number of piperidine rings is 1. The maximum Gasteiger partial charge on any atom is 0.322 e. The van der Waals surface area contributed by atoms with E-state index in [0.29, 0.717) is 23.9 Å². The number of benzene rings is 1. The number of carbonyl (C=O) groups is 2. The fourth-order valence-electron chi connectivity index (χ4n) is 5.04. The topological polar surface area (TPSA) is 87.2 Å². The van der Waals surface area contributed by atoms with E-state index in [4.69, 9.17) is 0 Å². The van der Waals surface area contributed by atoms with E-state index in [0.717, 1.165) is 42.8 Å². The largest absolute Gasteiger partial charge is 0.359 e. The number of hydrogen-bond donors (Lipinski definition) is 2. The summed E-state index contributed by atoms with van der Waals surface area (Å²) in [5.74, 6) is 0.335. The molecule has 2 aromatic rings. The van der Waals surface area contributed by atoms with Gasteiger partial charge in [0.15, 0.2) is 11.6 Å². The van der Waals surface area contributed by atoms with E-state index >= 15 is 0 Å². The van der Waals surface area contributed by atoms with Crippen LogP contribution in [0.1, 0.15) is 38.2 Å². The Morgan fingerprint density at radius 2 is 2.00 bits per heavy atom. The van der Waals surface area contributed by atoms with Crippen molar-refractivity contribution in [3.63, 3.8) is 0 Å². The zero-order chi connectivity index (χ0) is 21.5. The van der Waals surface area contributed by atoms with Crippen molar-refractivity contribution in [2.45, 2.75) is 51.1 Å². The predicted octanol–water partition coefficient (Wildman–Crippen LogP) is 3.50. The van der Waals surface area contributed by atoms with E-state index in [1.165, 1.54) is 0 Å². The van der Waals surface area contributed by atoms with Gasteiger partial charge in [-0.1, -0.05) is 13.0 Å². The molecular formula is C22H26FN5O2. The Morgan fingerprint density at radius 1 is 1.27 bits per heavy atom. The molecule has 1 aromatic heterocycles. The Labute approximate surface area is 175 Å². The number of anilines is 1. The molecule has 2 bridgehead atoms. The maximum absolute atomic E-state index is 13.2. The van der Waals surface area contributed by atoms with Crippen LogP contribution in [0.15, 0.2) is 30.6 Å². The highest BCUT2D eigenvalue weighted by Crippen LogP contribution is 2.51. The van der Waals surface area contributed by atoms with Crippen molar-refractivity contribution in [2.24, 2.45) is 5.92 Å². The highest BCUT2D eigenvalue weighted by molar-refractivity contribution is 5.92. The van der Waals surface area contributed by atoms with Crippen molar-refractivity contribution in [3.05, 3.63) is 42.0 Å². The van der Waals surface area contributed by atoms with Crippen LogP contribution in [0, 0.1) is 18.7 Å². The molecule has 1 aromatic carbocycles. The van der Waals surface area contributed by atoms with Gasteiger partial charge in [-0.25, -0.2) is 19.2 Å². The van der Waals surface area contributed by atoms with Crippen molar-refractivity contribution in [1.82, 2.24) is 20.2 Å². The Morgan fingerprint density at radius 3 is 2.70 bits per heavy atom. The number of fused-ring (bicyclic) bond motifs is 2. The first-order chi connectivity index (χ1) is 14.3. The first kappa shape index (κ1) is 20.3. The van der Waals surface area contributed by atoms with E-state index < -0.39 is 11.4 Å². The Hall–Kier alpha value is -3.03. The van der Waals surface area contributed by atoms with Gasteiger partial charge in [0.2, 0.25) is 5.91 Å². The molecule has 0 radical (unpaired) electrons. The zero-order valence-electron chi connectivity index (χ0n) is 17.4. The summed E-state index contributed by atoms with van der Waals surface area (Å²) < 4.78 is 13.2. The van der Waals surface area contributed by atoms with Crippen LogP contribution in [0.3, 0.4) is 0 Å². The number of carbonyl (C=O) groups excluding carboxylic acids is 2. The minimum absolute atomic E-state index is 0.0496. The lowest BCUT2D eigenvalue weighted by molar-refractivity contribution is -0.134. The summed E-state index contributed by atoms with van der Waals surface area (Å²) in [6, 6.07) is 5.45. The normalized spacial score (nSPS) is 24.7. The maximum atomic E-state index is 13.2. The van der Waals surface area contributed by atoms with Gasteiger partial charge in [-0.3, -0.25) is 4.79 Å². The van der Waals surface area contributed by atoms with E-state index in [1.54, 1.807) is 13.1 Å². The third-order valence-electron chi connectivity index (χ3n) is 6.23. The number of aryl methyl sites for hydroxylation is 1. The molecule has 3 atom stereocenters. The molecule has 1 saturated carbocycles. The van der Waals surface area contributed by atoms with Crippen molar-refractivity contribution in [3.8, 4) is 11.4 Å². The quantitative estimate of drug-likeness (QED) is 0.806. The van der Waals surface area contributed by atoms with Gasteiger partial charge in [0, 0.05) is 24.3 Å². The average Bonchev–Trinajstić information content (AvgIpc) is 2.69. The molecule has 2 fully saturated rings. The van der Waals surface area contributed by atoms with Crippen LogP contribution >= 0.6 is 0 Å². The molecule has 8 heteroatoms. The summed E-state index contributed by atoms with van der Waals surface area (Å²) in [5, 5.41) is 5.66. The number of rotatable bonds is 4. The molecule has 4 rings (SSSR count). The van der Waals surface area contributed by atoms with Crippen LogP contribution in [0.4, 0.5) is 14.9 Å². The molecule has 158 valence electrons. The summed E-state index contributed by atoms with van der Waals surface area (Å²) in [6.45, 7) is 4.09. The van der Waals surface area contributed by atoms with Crippen LogP contribution in [0.2, 0.25) is 0 Å². The Bertz CT molecular complexity index is 980. The molecule has 1 aliphatic heterocycles. The molecule has 2 heterocycles. The molecule has 30 heavy (non-hydrogen) atoms. The smallest absolute Gasteiger partial charge is 0.322 e. The number of likely N-dealkylation sites (tertiary alicyclic amines) is 1. The third kappa shape index (κ3) is 3.62. The summed E-state index contributed by atoms with van der Waals surface area (Å²) in [6.07, 6.45) is 5.20. The molecule has 1 saturated heterocycles. The van der Waals surface area contributed by atoms with Crippen molar-refractivity contribution in [1.29, 1.82) is 0 Å². The second-order valence-corrected chi connectivity index (χ2v) is 8.53. The molecule has 1 aliphatic carbocycles. The van der Waals surface area contributed by atoms with Gasteiger partial charge in [0.05, 0.1) is 24.4 Å². The van der Waals surface area contributed by atoms with Gasteiger partial charge < -0.3 is 15.5 Å². The minimum atomic E-state index is -0.499. The summed E-state index contributed by atoms with van der Waals surface area (Å²) >= 11 is 0. The summed E-state index contributed by atoms with van der Waals surface area (Å²) in [7, 11) is 1.62. The predicted molar refractivity (Wildman–Crippen MR) is 111 cm³/mol. The van der Waals surface area contributed by atoms with E-state index in [-0.39, 0.29) is 18.0 Å². The molecule has 7 nitrogen and oxygen atoms in total. The average molecular weight is 411 g/mol. The number of aromatic nitrogens is 2. The second kappa shape index (κ2) is 7.66.